The van der Waals surface area contributed by atoms with Gasteiger partial charge < -0.3 is 21.1 Å². The molecule has 0 fully saturated rings. The molecule has 0 saturated carbocycles. The van der Waals surface area contributed by atoms with Crippen LogP contribution in [0.2, 0.25) is 0 Å². The van der Waals surface area contributed by atoms with Crippen LogP contribution in [-0.4, -0.2) is 28.0 Å². The highest BCUT2D eigenvalue weighted by Crippen LogP contribution is 2.19. The molecule has 0 aliphatic heterocycles. The quantitative estimate of drug-likeness (QED) is 0.549. The summed E-state index contributed by atoms with van der Waals surface area (Å²) >= 11 is 0. The van der Waals surface area contributed by atoms with E-state index in [9.17, 15) is 10.2 Å². The Balaban J connectivity index is 2.76. The average Bonchev–Trinajstić information content (AvgIpc) is 2.28. The van der Waals surface area contributed by atoms with Crippen molar-refractivity contribution >= 4 is 0 Å². The summed E-state index contributed by atoms with van der Waals surface area (Å²) in [5.41, 5.74) is 7.00. The van der Waals surface area contributed by atoms with Crippen molar-refractivity contribution in [3.8, 4) is 0 Å². The zero-order valence-corrected chi connectivity index (χ0v) is 8.50. The van der Waals surface area contributed by atoms with E-state index in [1.54, 1.807) is 18.2 Å². The largest absolute Gasteiger partial charge is 0.396 e. The van der Waals surface area contributed by atoms with Crippen molar-refractivity contribution in [3.63, 3.8) is 0 Å². The lowest BCUT2D eigenvalue weighted by Crippen LogP contribution is -2.19. The first-order valence-corrected chi connectivity index (χ1v) is 4.95. The van der Waals surface area contributed by atoms with Gasteiger partial charge in [-0.2, -0.15) is 0 Å². The van der Waals surface area contributed by atoms with Crippen LogP contribution in [0.3, 0.4) is 0 Å². The molecule has 0 amide bonds. The summed E-state index contributed by atoms with van der Waals surface area (Å²) in [6.07, 6.45) is -1.75. The second-order valence-electron chi connectivity index (χ2n) is 3.47. The molecule has 0 spiro atoms. The van der Waals surface area contributed by atoms with Gasteiger partial charge in [0.2, 0.25) is 0 Å². The molecule has 2 unspecified atom stereocenters. The molecular formula is C11H17NO3. The van der Waals surface area contributed by atoms with Gasteiger partial charge in [0.1, 0.15) is 6.10 Å². The third-order valence-electron chi connectivity index (χ3n) is 2.32. The molecule has 84 valence electrons. The van der Waals surface area contributed by atoms with Crippen molar-refractivity contribution in [2.75, 3.05) is 6.61 Å². The summed E-state index contributed by atoms with van der Waals surface area (Å²) in [4.78, 5) is 0. The molecule has 0 heterocycles. The maximum absolute atomic E-state index is 9.74. The molecule has 0 saturated heterocycles. The minimum absolute atomic E-state index is 0.144. The minimum Gasteiger partial charge on any atom is -0.396 e. The average molecular weight is 211 g/mol. The second kappa shape index (κ2) is 5.82. The molecule has 5 N–H and O–H groups in total. The Kier molecular flexibility index (Phi) is 4.71. The molecule has 0 radical (unpaired) electrons. The molecule has 0 aliphatic carbocycles. The topological polar surface area (TPSA) is 86.7 Å². The van der Waals surface area contributed by atoms with Gasteiger partial charge in [-0.05, 0) is 17.5 Å². The van der Waals surface area contributed by atoms with E-state index in [0.29, 0.717) is 12.1 Å². The number of rotatable bonds is 5. The van der Waals surface area contributed by atoms with E-state index >= 15 is 0 Å². The van der Waals surface area contributed by atoms with Crippen LogP contribution in [0.5, 0.6) is 0 Å². The first-order valence-electron chi connectivity index (χ1n) is 4.95. The third kappa shape index (κ3) is 3.28. The Bertz CT molecular complexity index is 304. The van der Waals surface area contributed by atoms with Crippen LogP contribution in [0, 0.1) is 0 Å². The highest BCUT2D eigenvalue weighted by molar-refractivity contribution is 5.25. The second-order valence-corrected chi connectivity index (χ2v) is 3.47. The highest BCUT2D eigenvalue weighted by atomic mass is 16.3. The molecule has 4 heteroatoms. The van der Waals surface area contributed by atoms with Crippen molar-refractivity contribution in [3.05, 3.63) is 35.4 Å². The van der Waals surface area contributed by atoms with E-state index in [-0.39, 0.29) is 13.0 Å². The predicted octanol–water partition coefficient (Wildman–Crippen LogP) is -0.0780. The van der Waals surface area contributed by atoms with Crippen LogP contribution in [0.4, 0.5) is 0 Å². The SMILES string of the molecule is NCc1cccc(C(O)C(O)CCO)c1. The minimum atomic E-state index is -0.969. The fourth-order valence-electron chi connectivity index (χ4n) is 1.42. The number of aliphatic hydroxyl groups is 3. The summed E-state index contributed by atoms with van der Waals surface area (Å²) in [5, 5.41) is 27.9. The molecule has 4 nitrogen and oxygen atoms in total. The van der Waals surface area contributed by atoms with E-state index in [4.69, 9.17) is 10.8 Å². The van der Waals surface area contributed by atoms with Gasteiger partial charge in [0.15, 0.2) is 0 Å². The van der Waals surface area contributed by atoms with E-state index in [1.165, 1.54) is 0 Å². The molecule has 15 heavy (non-hydrogen) atoms. The lowest BCUT2D eigenvalue weighted by molar-refractivity contribution is 0.00418. The smallest absolute Gasteiger partial charge is 0.105 e. The van der Waals surface area contributed by atoms with Crippen LogP contribution in [0.15, 0.2) is 24.3 Å². The van der Waals surface area contributed by atoms with Crippen molar-refractivity contribution in [1.82, 2.24) is 0 Å². The number of aliphatic hydroxyl groups excluding tert-OH is 3. The summed E-state index contributed by atoms with van der Waals surface area (Å²) in [7, 11) is 0. The highest BCUT2D eigenvalue weighted by Gasteiger charge is 2.17. The first kappa shape index (κ1) is 12.1. The molecular weight excluding hydrogens is 194 g/mol. The van der Waals surface area contributed by atoms with Gasteiger partial charge in [-0.1, -0.05) is 24.3 Å². The summed E-state index contributed by atoms with van der Waals surface area (Å²) in [6, 6.07) is 7.12. The standard InChI is InChI=1S/C11H17NO3/c12-7-8-2-1-3-9(6-8)11(15)10(14)4-5-13/h1-3,6,10-11,13-15H,4-5,7,12H2. The monoisotopic (exact) mass is 211 g/mol. The molecule has 0 aromatic heterocycles. The Hall–Kier alpha value is -0.940. The molecule has 1 aromatic rings. The Morgan fingerprint density at radius 1 is 1.27 bits per heavy atom. The fourth-order valence-corrected chi connectivity index (χ4v) is 1.42. The van der Waals surface area contributed by atoms with Gasteiger partial charge in [-0.3, -0.25) is 0 Å². The van der Waals surface area contributed by atoms with Gasteiger partial charge in [0.25, 0.3) is 0 Å². The number of hydrogen-bond donors (Lipinski definition) is 4. The van der Waals surface area contributed by atoms with Crippen molar-refractivity contribution in [1.29, 1.82) is 0 Å². The van der Waals surface area contributed by atoms with Gasteiger partial charge >= 0.3 is 0 Å². The van der Waals surface area contributed by atoms with Crippen molar-refractivity contribution in [2.24, 2.45) is 5.73 Å². The van der Waals surface area contributed by atoms with Crippen LogP contribution in [0.25, 0.3) is 0 Å². The summed E-state index contributed by atoms with van der Waals surface area (Å²) in [6.45, 7) is 0.255. The summed E-state index contributed by atoms with van der Waals surface area (Å²) < 4.78 is 0. The predicted molar refractivity (Wildman–Crippen MR) is 57.0 cm³/mol. The molecule has 0 aliphatic rings. The normalized spacial score (nSPS) is 14.9. The van der Waals surface area contributed by atoms with E-state index < -0.39 is 12.2 Å². The maximum Gasteiger partial charge on any atom is 0.105 e. The van der Waals surface area contributed by atoms with Gasteiger partial charge in [0, 0.05) is 13.2 Å². The first-order chi connectivity index (χ1) is 7.19. The number of hydrogen-bond acceptors (Lipinski definition) is 4. The van der Waals surface area contributed by atoms with Crippen LogP contribution < -0.4 is 5.73 Å². The van der Waals surface area contributed by atoms with Gasteiger partial charge in [-0.25, -0.2) is 0 Å². The maximum atomic E-state index is 9.74. The lowest BCUT2D eigenvalue weighted by Gasteiger charge is -2.17. The van der Waals surface area contributed by atoms with Crippen molar-refractivity contribution in [2.45, 2.75) is 25.2 Å². The zero-order valence-electron chi connectivity index (χ0n) is 8.50. The third-order valence-corrected chi connectivity index (χ3v) is 2.32. The van der Waals surface area contributed by atoms with E-state index in [0.717, 1.165) is 5.56 Å². The van der Waals surface area contributed by atoms with Crippen molar-refractivity contribution < 1.29 is 15.3 Å². The Morgan fingerprint density at radius 2 is 2.00 bits per heavy atom. The molecule has 1 aromatic carbocycles. The van der Waals surface area contributed by atoms with E-state index in [2.05, 4.69) is 0 Å². The van der Waals surface area contributed by atoms with Crippen LogP contribution in [-0.2, 0) is 6.54 Å². The van der Waals surface area contributed by atoms with Crippen LogP contribution >= 0.6 is 0 Å². The van der Waals surface area contributed by atoms with E-state index in [1.807, 2.05) is 6.07 Å². The van der Waals surface area contributed by atoms with Crippen LogP contribution in [0.1, 0.15) is 23.7 Å². The zero-order chi connectivity index (χ0) is 11.3. The Labute approximate surface area is 89.0 Å². The van der Waals surface area contributed by atoms with Gasteiger partial charge in [0.05, 0.1) is 6.10 Å². The van der Waals surface area contributed by atoms with Gasteiger partial charge in [-0.15, -0.1) is 0 Å². The molecule has 1 rings (SSSR count). The number of benzene rings is 1. The molecule has 2 atom stereocenters. The lowest BCUT2D eigenvalue weighted by atomic mass is 10.0. The molecule has 0 bridgehead atoms. The Morgan fingerprint density at radius 3 is 2.60 bits per heavy atom. The number of nitrogens with two attached hydrogens (primary N) is 1. The fraction of sp³-hybridized carbons (Fsp3) is 0.455. The summed E-state index contributed by atoms with van der Waals surface area (Å²) in [5.74, 6) is 0.